The molecule has 0 atom stereocenters. The number of H-pyrrole nitrogens is 1. The van der Waals surface area contributed by atoms with E-state index < -0.39 is 5.91 Å². The summed E-state index contributed by atoms with van der Waals surface area (Å²) in [5, 5.41) is 10.6. The van der Waals surface area contributed by atoms with Gasteiger partial charge in [-0.15, -0.1) is 11.3 Å². The number of nitrogens with two attached hydrogens (primary N) is 2. The molecule has 1 aliphatic rings. The van der Waals surface area contributed by atoms with Crippen LogP contribution < -0.4 is 11.5 Å². The van der Waals surface area contributed by atoms with E-state index in [9.17, 15) is 9.59 Å². The number of thiophene rings is 1. The summed E-state index contributed by atoms with van der Waals surface area (Å²) in [7, 11) is 0. The van der Waals surface area contributed by atoms with Gasteiger partial charge in [0.25, 0.3) is 5.91 Å². The number of hydrogen-bond donors (Lipinski definition) is 3. The summed E-state index contributed by atoms with van der Waals surface area (Å²) >= 11 is 1.63. The Morgan fingerprint density at radius 1 is 1.23 bits per heavy atom. The van der Waals surface area contributed by atoms with Gasteiger partial charge in [-0.05, 0) is 52.4 Å². The molecular formula is C23H19N5O2S. The maximum Gasteiger partial charge on any atom is 0.254 e. The lowest BCUT2D eigenvalue weighted by Gasteiger charge is -2.15. The molecule has 0 spiro atoms. The molecule has 5 N–H and O–H groups in total. The molecule has 0 saturated heterocycles. The zero-order chi connectivity index (χ0) is 21.7. The highest BCUT2D eigenvalue weighted by Crippen LogP contribution is 2.38. The number of benzene rings is 2. The molecule has 0 radical (unpaired) electrons. The number of primary amides is 1. The van der Waals surface area contributed by atoms with Gasteiger partial charge in [-0.2, -0.15) is 5.10 Å². The van der Waals surface area contributed by atoms with Gasteiger partial charge >= 0.3 is 0 Å². The van der Waals surface area contributed by atoms with Crippen molar-refractivity contribution in [3.63, 3.8) is 0 Å². The first kappa shape index (κ1) is 19.1. The molecule has 0 unspecified atom stereocenters. The van der Waals surface area contributed by atoms with Crippen molar-refractivity contribution < 1.29 is 9.59 Å². The summed E-state index contributed by atoms with van der Waals surface area (Å²) < 4.78 is 0. The van der Waals surface area contributed by atoms with Gasteiger partial charge in [0.15, 0.2) is 0 Å². The number of aromatic nitrogens is 2. The van der Waals surface area contributed by atoms with Crippen LogP contribution in [0.4, 0.5) is 5.69 Å². The lowest BCUT2D eigenvalue weighted by atomic mass is 9.95. The Bertz CT molecular complexity index is 1370. The van der Waals surface area contributed by atoms with Gasteiger partial charge in [0, 0.05) is 28.8 Å². The van der Waals surface area contributed by atoms with Crippen molar-refractivity contribution in [1.82, 2.24) is 15.1 Å². The van der Waals surface area contributed by atoms with Crippen molar-refractivity contribution in [3.8, 4) is 21.7 Å². The maximum atomic E-state index is 12.9. The Kier molecular flexibility index (Phi) is 4.37. The molecule has 0 saturated carbocycles. The highest BCUT2D eigenvalue weighted by Gasteiger charge is 2.31. The number of nitrogens with one attached hydrogen (secondary N) is 1. The van der Waals surface area contributed by atoms with E-state index in [1.165, 1.54) is 0 Å². The highest BCUT2D eigenvalue weighted by atomic mass is 32.1. The monoisotopic (exact) mass is 429 g/mol. The third kappa shape index (κ3) is 3.17. The number of fused-ring (bicyclic) bond motifs is 2. The van der Waals surface area contributed by atoms with E-state index in [1.807, 2.05) is 35.7 Å². The van der Waals surface area contributed by atoms with Crippen molar-refractivity contribution in [3.05, 3.63) is 71.1 Å². The molecule has 5 rings (SSSR count). The fourth-order valence-electron chi connectivity index (χ4n) is 3.96. The fourth-order valence-corrected chi connectivity index (χ4v) is 4.69. The van der Waals surface area contributed by atoms with Crippen LogP contribution in [0.2, 0.25) is 0 Å². The molecule has 31 heavy (non-hydrogen) atoms. The van der Waals surface area contributed by atoms with Crippen LogP contribution in [0.5, 0.6) is 0 Å². The predicted octanol–water partition coefficient (Wildman–Crippen LogP) is 3.54. The minimum atomic E-state index is -0.616. The average Bonchev–Trinajstić information content (AvgIpc) is 3.47. The van der Waals surface area contributed by atoms with Crippen molar-refractivity contribution in [1.29, 1.82) is 0 Å². The number of nitrogens with zero attached hydrogens (tertiary/aromatic N) is 2. The van der Waals surface area contributed by atoms with Crippen LogP contribution in [0.3, 0.4) is 0 Å². The van der Waals surface area contributed by atoms with Crippen LogP contribution in [-0.2, 0) is 11.3 Å². The molecule has 0 fully saturated rings. The normalized spacial score (nSPS) is 13.0. The SMILES string of the molecule is C=C(CN1Cc2c(cc(N)cc2-c2ccc3[nH]nc(-c4cccs4)c3c2)C1=O)C(N)=O. The Hall–Kier alpha value is -3.91. The van der Waals surface area contributed by atoms with E-state index >= 15 is 0 Å². The number of hydrogen-bond acceptors (Lipinski definition) is 5. The molecule has 8 heteroatoms. The minimum absolute atomic E-state index is 0.0888. The van der Waals surface area contributed by atoms with E-state index in [4.69, 9.17) is 11.5 Å². The summed E-state index contributed by atoms with van der Waals surface area (Å²) in [4.78, 5) is 27.0. The summed E-state index contributed by atoms with van der Waals surface area (Å²) in [6.07, 6.45) is 0. The van der Waals surface area contributed by atoms with E-state index in [2.05, 4.69) is 22.8 Å². The number of carbonyl (C=O) groups excluding carboxylic acids is 2. The van der Waals surface area contributed by atoms with Crippen LogP contribution in [0.15, 0.2) is 60.0 Å². The molecule has 0 bridgehead atoms. The molecule has 2 aromatic heterocycles. The first-order valence-corrected chi connectivity index (χ1v) is 10.5. The topological polar surface area (TPSA) is 118 Å². The third-order valence-corrected chi connectivity index (χ3v) is 6.37. The molecule has 2 aromatic carbocycles. The lowest BCUT2D eigenvalue weighted by Crippen LogP contribution is -2.30. The summed E-state index contributed by atoms with van der Waals surface area (Å²) in [6, 6.07) is 13.6. The van der Waals surface area contributed by atoms with Crippen molar-refractivity contribution in [2.75, 3.05) is 12.3 Å². The summed E-state index contributed by atoms with van der Waals surface area (Å²) in [5.41, 5.74) is 17.2. The quantitative estimate of drug-likeness (QED) is 0.332. The molecule has 0 aliphatic carbocycles. The standard InChI is InChI=1S/C23H19N5O2S/c1-12(22(25)29)10-28-11-18-15(8-14(24)9-16(18)23(28)30)13-4-5-19-17(7-13)21(27-26-19)20-3-2-6-31-20/h2-9H,1,10-11,24H2,(H2,25,29)(H,26,27). The first-order valence-electron chi connectivity index (χ1n) is 9.64. The van der Waals surface area contributed by atoms with Gasteiger partial charge in [0.2, 0.25) is 5.91 Å². The Morgan fingerprint density at radius 2 is 2.03 bits per heavy atom. The fraction of sp³-hybridized carbons (Fsp3) is 0.0870. The van der Waals surface area contributed by atoms with Crippen molar-refractivity contribution >= 4 is 39.7 Å². The van der Waals surface area contributed by atoms with Gasteiger partial charge in [-0.25, -0.2) is 0 Å². The van der Waals surface area contributed by atoms with Crippen LogP contribution in [0, 0.1) is 0 Å². The zero-order valence-electron chi connectivity index (χ0n) is 16.5. The summed E-state index contributed by atoms with van der Waals surface area (Å²) in [6.45, 7) is 4.12. The molecule has 4 aromatic rings. The molecule has 2 amide bonds. The minimum Gasteiger partial charge on any atom is -0.399 e. The number of amides is 2. The second-order valence-corrected chi connectivity index (χ2v) is 8.48. The van der Waals surface area contributed by atoms with Gasteiger partial charge in [-0.3, -0.25) is 14.7 Å². The zero-order valence-corrected chi connectivity index (χ0v) is 17.3. The largest absolute Gasteiger partial charge is 0.399 e. The lowest BCUT2D eigenvalue weighted by molar-refractivity contribution is -0.114. The number of rotatable bonds is 5. The van der Waals surface area contributed by atoms with E-state index in [0.29, 0.717) is 17.8 Å². The Labute approximate surface area is 182 Å². The number of carbonyl (C=O) groups is 2. The first-order chi connectivity index (χ1) is 14.9. The van der Waals surface area contributed by atoms with E-state index in [1.54, 1.807) is 22.3 Å². The van der Waals surface area contributed by atoms with Crippen LogP contribution in [0.25, 0.3) is 32.6 Å². The van der Waals surface area contributed by atoms with Crippen LogP contribution in [-0.4, -0.2) is 33.5 Å². The Balaban J connectivity index is 1.60. The molecule has 1 aliphatic heterocycles. The third-order valence-electron chi connectivity index (χ3n) is 5.50. The maximum absolute atomic E-state index is 12.9. The van der Waals surface area contributed by atoms with E-state index in [-0.39, 0.29) is 18.0 Å². The summed E-state index contributed by atoms with van der Waals surface area (Å²) in [5.74, 6) is -0.801. The smallest absolute Gasteiger partial charge is 0.254 e. The number of aromatic amines is 1. The Morgan fingerprint density at radius 3 is 2.77 bits per heavy atom. The second-order valence-electron chi connectivity index (χ2n) is 7.53. The van der Waals surface area contributed by atoms with Gasteiger partial charge in [-0.1, -0.05) is 18.7 Å². The molecule has 7 nitrogen and oxygen atoms in total. The van der Waals surface area contributed by atoms with E-state index in [0.717, 1.165) is 38.2 Å². The number of anilines is 1. The molecule has 154 valence electrons. The molecular weight excluding hydrogens is 410 g/mol. The van der Waals surface area contributed by atoms with Gasteiger partial charge in [0.1, 0.15) is 5.69 Å². The average molecular weight is 430 g/mol. The van der Waals surface area contributed by atoms with Gasteiger partial charge in [0.05, 0.1) is 16.9 Å². The van der Waals surface area contributed by atoms with Crippen LogP contribution in [0.1, 0.15) is 15.9 Å². The predicted molar refractivity (Wildman–Crippen MR) is 122 cm³/mol. The second kappa shape index (κ2) is 7.10. The van der Waals surface area contributed by atoms with Crippen LogP contribution >= 0.6 is 11.3 Å². The number of nitrogen functional groups attached to an aromatic ring is 1. The van der Waals surface area contributed by atoms with Crippen molar-refractivity contribution in [2.24, 2.45) is 5.73 Å². The highest BCUT2D eigenvalue weighted by molar-refractivity contribution is 7.13. The molecule has 3 heterocycles. The van der Waals surface area contributed by atoms with Crippen molar-refractivity contribution in [2.45, 2.75) is 6.54 Å². The van der Waals surface area contributed by atoms with Gasteiger partial charge < -0.3 is 16.4 Å².